The lowest BCUT2D eigenvalue weighted by molar-refractivity contribution is -0.129. The molecule has 162 valence electrons. The average molecular weight is 420 g/mol. The Morgan fingerprint density at radius 1 is 1.23 bits per heavy atom. The zero-order valence-electron chi connectivity index (χ0n) is 18.4. The molecule has 0 saturated carbocycles. The molecule has 2 aromatic rings. The highest BCUT2D eigenvalue weighted by Crippen LogP contribution is 2.40. The lowest BCUT2D eigenvalue weighted by atomic mass is 9.95. The molecule has 5 rings (SSSR count). The van der Waals surface area contributed by atoms with Crippen molar-refractivity contribution in [1.82, 2.24) is 14.7 Å². The normalized spacial score (nSPS) is 19.0. The van der Waals surface area contributed by atoms with Crippen LogP contribution in [0.3, 0.4) is 0 Å². The van der Waals surface area contributed by atoms with Gasteiger partial charge in [-0.15, -0.1) is 0 Å². The summed E-state index contributed by atoms with van der Waals surface area (Å²) in [6.07, 6.45) is 4.84. The Kier molecular flexibility index (Phi) is 5.19. The third-order valence-corrected chi connectivity index (χ3v) is 6.97. The number of benzene rings is 1. The Labute approximate surface area is 183 Å². The highest BCUT2D eigenvalue weighted by molar-refractivity contribution is 5.75. The van der Waals surface area contributed by atoms with Crippen molar-refractivity contribution >= 4 is 17.4 Å². The first kappa shape index (κ1) is 20.1. The van der Waals surface area contributed by atoms with Gasteiger partial charge >= 0.3 is 0 Å². The van der Waals surface area contributed by atoms with Gasteiger partial charge in [-0.2, -0.15) is 10.4 Å². The molecule has 1 amide bonds. The van der Waals surface area contributed by atoms with Crippen molar-refractivity contribution in [3.8, 4) is 6.07 Å². The number of hydrogen-bond donors (Lipinski definition) is 0. The maximum atomic E-state index is 12.2. The minimum Gasteiger partial charge on any atom is -0.381 e. The molecule has 0 bridgehead atoms. The molecule has 1 saturated heterocycles. The third-order valence-electron chi connectivity index (χ3n) is 6.97. The van der Waals surface area contributed by atoms with E-state index in [1.807, 2.05) is 17.9 Å². The fourth-order valence-corrected chi connectivity index (χ4v) is 5.24. The van der Waals surface area contributed by atoms with E-state index in [0.717, 1.165) is 75.5 Å². The Morgan fingerprint density at radius 2 is 2.03 bits per heavy atom. The topological polar surface area (TPSA) is 74.4 Å². The van der Waals surface area contributed by atoms with Gasteiger partial charge in [0.25, 0.3) is 0 Å². The van der Waals surface area contributed by atoms with Crippen LogP contribution in [-0.4, -0.2) is 46.9 Å². The number of carbonyl (C=O) groups excluding carboxylic acids is 1. The maximum absolute atomic E-state index is 12.2. The monoisotopic (exact) mass is 419 g/mol. The van der Waals surface area contributed by atoms with E-state index >= 15 is 0 Å². The van der Waals surface area contributed by atoms with Gasteiger partial charge in [-0.3, -0.25) is 9.48 Å². The van der Waals surface area contributed by atoms with Gasteiger partial charge in [-0.25, -0.2) is 0 Å². The number of amides is 1. The van der Waals surface area contributed by atoms with Crippen LogP contribution in [-0.2, 0) is 28.9 Å². The van der Waals surface area contributed by atoms with Crippen LogP contribution in [0.5, 0.6) is 0 Å². The summed E-state index contributed by atoms with van der Waals surface area (Å²) in [7, 11) is 0. The average Bonchev–Trinajstić information content (AvgIpc) is 3.17. The summed E-state index contributed by atoms with van der Waals surface area (Å²) in [6, 6.07) is 6.86. The molecule has 7 heteroatoms. The fraction of sp³-hybridized carbons (Fsp3) is 0.542. The molecule has 31 heavy (non-hydrogen) atoms. The van der Waals surface area contributed by atoms with E-state index in [1.54, 1.807) is 6.92 Å². The number of carbonyl (C=O) groups is 1. The quantitative estimate of drug-likeness (QED) is 0.746. The van der Waals surface area contributed by atoms with Crippen LogP contribution in [0, 0.1) is 18.3 Å². The highest BCUT2D eigenvalue weighted by Gasteiger charge is 2.33. The van der Waals surface area contributed by atoms with Crippen LogP contribution in [0.2, 0.25) is 0 Å². The summed E-state index contributed by atoms with van der Waals surface area (Å²) in [6.45, 7) is 7.41. The first-order valence-electron chi connectivity index (χ1n) is 11.3. The molecule has 1 aromatic heterocycles. The molecule has 3 aliphatic rings. The predicted octanol–water partition coefficient (Wildman–Crippen LogP) is 3.40. The first-order chi connectivity index (χ1) is 15.1. The second kappa shape index (κ2) is 8.01. The van der Waals surface area contributed by atoms with Gasteiger partial charge in [-0.05, 0) is 49.8 Å². The number of hydrogen-bond acceptors (Lipinski definition) is 5. The van der Waals surface area contributed by atoms with Crippen molar-refractivity contribution in [2.45, 2.75) is 58.5 Å². The molecule has 0 atom stereocenters. The van der Waals surface area contributed by atoms with Crippen molar-refractivity contribution in [3.63, 3.8) is 0 Å². The van der Waals surface area contributed by atoms with Gasteiger partial charge in [0.2, 0.25) is 5.91 Å². The smallest absolute Gasteiger partial charge is 0.219 e. The fourth-order valence-electron chi connectivity index (χ4n) is 5.24. The van der Waals surface area contributed by atoms with Gasteiger partial charge in [0.1, 0.15) is 0 Å². The molecule has 0 unspecified atom stereocenters. The third kappa shape index (κ3) is 3.49. The number of aromatic nitrogens is 2. The lowest BCUT2D eigenvalue weighted by Crippen LogP contribution is -2.36. The summed E-state index contributed by atoms with van der Waals surface area (Å²) in [5.74, 6) is 1.07. The molecule has 7 nitrogen and oxygen atoms in total. The predicted molar refractivity (Wildman–Crippen MR) is 117 cm³/mol. The number of ether oxygens (including phenoxy) is 1. The number of rotatable bonds is 2. The van der Waals surface area contributed by atoms with E-state index in [1.165, 1.54) is 16.8 Å². The molecule has 0 radical (unpaired) electrons. The SMILES string of the molecule is CC(=O)N1CCc2c(c(N3CCCc4cc(C)c(C#N)cc43)nn2C2CCOCC2)C1. The Hall–Kier alpha value is -2.85. The van der Waals surface area contributed by atoms with Crippen LogP contribution in [0.1, 0.15) is 60.2 Å². The highest BCUT2D eigenvalue weighted by atomic mass is 16.5. The van der Waals surface area contributed by atoms with Crippen molar-refractivity contribution < 1.29 is 9.53 Å². The van der Waals surface area contributed by atoms with E-state index in [9.17, 15) is 10.1 Å². The van der Waals surface area contributed by atoms with E-state index in [4.69, 9.17) is 9.84 Å². The number of nitriles is 1. The molecule has 3 aliphatic heterocycles. The number of nitrogens with zero attached hydrogens (tertiary/aromatic N) is 5. The molecular formula is C24H29N5O2. The number of anilines is 2. The summed E-state index contributed by atoms with van der Waals surface area (Å²) >= 11 is 0. The van der Waals surface area contributed by atoms with E-state index in [0.29, 0.717) is 18.2 Å². The van der Waals surface area contributed by atoms with Crippen LogP contribution < -0.4 is 4.90 Å². The van der Waals surface area contributed by atoms with Gasteiger partial charge in [0, 0.05) is 56.6 Å². The minimum atomic E-state index is 0.108. The van der Waals surface area contributed by atoms with Gasteiger partial charge < -0.3 is 14.5 Å². The molecular weight excluding hydrogens is 390 g/mol. The molecule has 4 heterocycles. The summed E-state index contributed by atoms with van der Waals surface area (Å²) in [5.41, 5.74) is 6.54. The summed E-state index contributed by atoms with van der Waals surface area (Å²) in [4.78, 5) is 16.4. The summed E-state index contributed by atoms with van der Waals surface area (Å²) < 4.78 is 7.82. The molecule has 0 aliphatic carbocycles. The van der Waals surface area contributed by atoms with Crippen molar-refractivity contribution in [2.24, 2.45) is 0 Å². The van der Waals surface area contributed by atoms with E-state index in [-0.39, 0.29) is 5.91 Å². The second-order valence-electron chi connectivity index (χ2n) is 8.89. The Morgan fingerprint density at radius 3 is 2.77 bits per heavy atom. The maximum Gasteiger partial charge on any atom is 0.219 e. The van der Waals surface area contributed by atoms with Crippen LogP contribution in [0.4, 0.5) is 11.5 Å². The van der Waals surface area contributed by atoms with E-state index in [2.05, 4.69) is 21.7 Å². The van der Waals surface area contributed by atoms with E-state index < -0.39 is 0 Å². The molecule has 0 N–H and O–H groups in total. The standard InChI is InChI=1S/C24H29N5O2/c1-16-12-18-4-3-8-28(23(18)13-19(16)14-25)24-21-15-27(17(2)30)9-5-22(21)29(26-24)20-6-10-31-11-7-20/h12-13,20H,3-11,15H2,1-2H3. The molecule has 1 aromatic carbocycles. The van der Waals surface area contributed by atoms with Gasteiger partial charge in [-0.1, -0.05) is 6.07 Å². The van der Waals surface area contributed by atoms with Crippen molar-refractivity contribution in [1.29, 1.82) is 5.26 Å². The van der Waals surface area contributed by atoms with Gasteiger partial charge in [0.15, 0.2) is 5.82 Å². The van der Waals surface area contributed by atoms with Crippen molar-refractivity contribution in [3.05, 3.63) is 40.1 Å². The van der Waals surface area contributed by atoms with Gasteiger partial charge in [0.05, 0.1) is 24.2 Å². The van der Waals surface area contributed by atoms with Crippen LogP contribution >= 0.6 is 0 Å². The first-order valence-corrected chi connectivity index (χ1v) is 11.3. The molecule has 0 spiro atoms. The number of fused-ring (bicyclic) bond motifs is 2. The summed E-state index contributed by atoms with van der Waals surface area (Å²) in [5, 5.41) is 14.8. The Bertz CT molecular complexity index is 1060. The van der Waals surface area contributed by atoms with Crippen LogP contribution in [0.25, 0.3) is 0 Å². The minimum absolute atomic E-state index is 0.108. The Balaban J connectivity index is 1.62. The zero-order valence-corrected chi connectivity index (χ0v) is 18.4. The number of aryl methyl sites for hydroxylation is 2. The largest absolute Gasteiger partial charge is 0.381 e. The second-order valence-corrected chi connectivity index (χ2v) is 8.89. The molecule has 1 fully saturated rings. The van der Waals surface area contributed by atoms with Crippen LogP contribution in [0.15, 0.2) is 12.1 Å². The zero-order chi connectivity index (χ0) is 21.5. The van der Waals surface area contributed by atoms with Crippen molar-refractivity contribution in [2.75, 3.05) is 31.2 Å². The lowest BCUT2D eigenvalue weighted by Gasteiger charge is -2.33.